The molecule has 1 aliphatic rings. The quantitative estimate of drug-likeness (QED) is 0.566. The average Bonchev–Trinajstić information content (AvgIpc) is 3.03. The van der Waals surface area contributed by atoms with E-state index in [0.29, 0.717) is 28.8 Å². The van der Waals surface area contributed by atoms with E-state index in [1.54, 1.807) is 0 Å². The highest BCUT2D eigenvalue weighted by Gasteiger charge is 2.30. The summed E-state index contributed by atoms with van der Waals surface area (Å²) in [6.07, 6.45) is 3.16. The first-order chi connectivity index (χ1) is 14.3. The van der Waals surface area contributed by atoms with Crippen LogP contribution in [0.1, 0.15) is 55.0 Å². The molecule has 1 amide bonds. The Morgan fingerprint density at radius 3 is 2.70 bits per heavy atom. The molecule has 6 heteroatoms. The standard InChI is InChI=1S/C24H29N3O2S/c1-5-29-17-9-7-16(8-10-17)26-22(28)21-20(25)18-13-14-12-15(24(2,3)4)6-11-19(14)27-23(18)30-21/h7-10,13,15H,5-6,11-12,25H2,1-4H3,(H,26,28). The molecule has 0 saturated heterocycles. The molecule has 5 nitrogen and oxygen atoms in total. The molecule has 0 aliphatic heterocycles. The van der Waals surface area contributed by atoms with E-state index in [4.69, 9.17) is 15.5 Å². The largest absolute Gasteiger partial charge is 0.494 e. The number of hydrogen-bond acceptors (Lipinski definition) is 5. The Bertz CT molecular complexity index is 1080. The van der Waals surface area contributed by atoms with Gasteiger partial charge in [-0.05, 0) is 73.4 Å². The summed E-state index contributed by atoms with van der Waals surface area (Å²) in [5, 5.41) is 3.83. The molecule has 0 radical (unpaired) electrons. The van der Waals surface area contributed by atoms with Crippen LogP contribution in [-0.4, -0.2) is 17.5 Å². The number of pyridine rings is 1. The molecular weight excluding hydrogens is 394 g/mol. The van der Waals surface area contributed by atoms with Crippen LogP contribution in [0, 0.1) is 11.3 Å². The van der Waals surface area contributed by atoms with Crippen LogP contribution in [0.5, 0.6) is 5.75 Å². The Morgan fingerprint density at radius 2 is 2.03 bits per heavy atom. The Labute approximate surface area is 181 Å². The van der Waals surface area contributed by atoms with E-state index in [2.05, 4.69) is 32.2 Å². The molecule has 2 heterocycles. The number of nitrogen functional groups attached to an aromatic ring is 1. The third-order valence-electron chi connectivity index (χ3n) is 5.94. The Morgan fingerprint density at radius 1 is 1.30 bits per heavy atom. The van der Waals surface area contributed by atoms with Gasteiger partial charge in [-0.3, -0.25) is 4.79 Å². The van der Waals surface area contributed by atoms with Crippen molar-refractivity contribution in [1.82, 2.24) is 4.98 Å². The molecule has 0 saturated carbocycles. The molecule has 0 fully saturated rings. The van der Waals surface area contributed by atoms with E-state index >= 15 is 0 Å². The summed E-state index contributed by atoms with van der Waals surface area (Å²) in [5.74, 6) is 1.21. The minimum absolute atomic E-state index is 0.204. The number of nitrogens with two attached hydrogens (primary N) is 1. The van der Waals surface area contributed by atoms with Gasteiger partial charge in [-0.2, -0.15) is 0 Å². The highest BCUT2D eigenvalue weighted by atomic mass is 32.1. The first-order valence-electron chi connectivity index (χ1n) is 10.5. The van der Waals surface area contributed by atoms with Gasteiger partial charge in [-0.1, -0.05) is 20.8 Å². The van der Waals surface area contributed by atoms with Gasteiger partial charge >= 0.3 is 0 Å². The number of benzene rings is 1. The Kier molecular flexibility index (Phi) is 5.45. The number of nitrogens with zero attached hydrogens (tertiary/aromatic N) is 1. The number of hydrogen-bond donors (Lipinski definition) is 2. The van der Waals surface area contributed by atoms with Crippen LogP contribution >= 0.6 is 11.3 Å². The van der Waals surface area contributed by atoms with Crippen LogP contribution in [0.3, 0.4) is 0 Å². The van der Waals surface area contributed by atoms with Crippen molar-refractivity contribution in [1.29, 1.82) is 0 Å². The van der Waals surface area contributed by atoms with Gasteiger partial charge in [0.05, 0.1) is 12.3 Å². The maximum atomic E-state index is 12.9. The number of ether oxygens (including phenoxy) is 1. The van der Waals surface area contributed by atoms with Crippen LogP contribution in [0.4, 0.5) is 11.4 Å². The number of fused-ring (bicyclic) bond motifs is 2. The molecule has 3 aromatic rings. The normalized spacial score (nSPS) is 16.3. The predicted octanol–water partition coefficient (Wildman–Crippen LogP) is 5.68. The fourth-order valence-corrected chi connectivity index (χ4v) is 5.08. The maximum absolute atomic E-state index is 12.9. The van der Waals surface area contributed by atoms with Gasteiger partial charge in [0.15, 0.2) is 0 Å². The number of thiophene rings is 1. The van der Waals surface area contributed by atoms with E-state index in [0.717, 1.165) is 40.9 Å². The second kappa shape index (κ2) is 7.91. The monoisotopic (exact) mass is 423 g/mol. The second-order valence-electron chi connectivity index (χ2n) is 9.01. The number of carbonyl (C=O) groups is 1. The molecule has 0 bridgehead atoms. The smallest absolute Gasteiger partial charge is 0.267 e. The van der Waals surface area contributed by atoms with Crippen LogP contribution in [0.15, 0.2) is 30.3 Å². The molecule has 1 atom stereocenters. The minimum atomic E-state index is -0.204. The van der Waals surface area contributed by atoms with Crippen molar-refractivity contribution in [2.45, 2.75) is 47.0 Å². The number of nitrogens with one attached hydrogen (secondary N) is 1. The van der Waals surface area contributed by atoms with Gasteiger partial charge in [0, 0.05) is 16.8 Å². The van der Waals surface area contributed by atoms with Crippen LogP contribution in [0.2, 0.25) is 0 Å². The minimum Gasteiger partial charge on any atom is -0.494 e. The summed E-state index contributed by atoms with van der Waals surface area (Å²) >= 11 is 1.37. The fourth-order valence-electron chi connectivity index (χ4n) is 4.09. The summed E-state index contributed by atoms with van der Waals surface area (Å²) in [4.78, 5) is 19.1. The lowest BCUT2D eigenvalue weighted by atomic mass is 9.71. The number of aryl methyl sites for hydroxylation is 1. The molecule has 1 aromatic carbocycles. The molecule has 4 rings (SSSR count). The average molecular weight is 424 g/mol. The summed E-state index contributed by atoms with van der Waals surface area (Å²) in [7, 11) is 0. The molecule has 30 heavy (non-hydrogen) atoms. The van der Waals surface area contributed by atoms with E-state index < -0.39 is 0 Å². The molecule has 2 aromatic heterocycles. The first kappa shape index (κ1) is 20.7. The van der Waals surface area contributed by atoms with Crippen molar-refractivity contribution in [3.8, 4) is 5.75 Å². The molecular formula is C24H29N3O2S. The molecule has 1 aliphatic carbocycles. The highest BCUT2D eigenvalue weighted by Crippen LogP contribution is 2.40. The lowest BCUT2D eigenvalue weighted by Gasteiger charge is -2.34. The van der Waals surface area contributed by atoms with Crippen LogP contribution < -0.4 is 15.8 Å². The molecule has 1 unspecified atom stereocenters. The van der Waals surface area contributed by atoms with Gasteiger partial charge in [0.1, 0.15) is 15.5 Å². The zero-order valence-corrected chi connectivity index (χ0v) is 18.9. The van der Waals surface area contributed by atoms with E-state index in [1.807, 2.05) is 31.2 Å². The molecule has 3 N–H and O–H groups in total. The predicted molar refractivity (Wildman–Crippen MR) is 125 cm³/mol. The number of anilines is 2. The van der Waals surface area contributed by atoms with Crippen molar-refractivity contribution >= 4 is 38.8 Å². The summed E-state index contributed by atoms with van der Waals surface area (Å²) in [6, 6.07) is 9.50. The number of amides is 1. The highest BCUT2D eigenvalue weighted by molar-refractivity contribution is 7.21. The lowest BCUT2D eigenvalue weighted by Crippen LogP contribution is -2.27. The topological polar surface area (TPSA) is 77.2 Å². The number of rotatable bonds is 4. The summed E-state index contributed by atoms with van der Waals surface area (Å²) < 4.78 is 5.45. The summed E-state index contributed by atoms with van der Waals surface area (Å²) in [5.41, 5.74) is 10.3. The number of aromatic nitrogens is 1. The van der Waals surface area contributed by atoms with Crippen molar-refractivity contribution in [3.05, 3.63) is 46.5 Å². The third kappa shape index (κ3) is 4.01. The van der Waals surface area contributed by atoms with Gasteiger partial charge in [0.2, 0.25) is 0 Å². The van der Waals surface area contributed by atoms with Gasteiger partial charge < -0.3 is 15.8 Å². The van der Waals surface area contributed by atoms with Crippen molar-refractivity contribution in [2.75, 3.05) is 17.7 Å². The molecule has 0 spiro atoms. The number of carbonyl (C=O) groups excluding carboxylic acids is 1. The zero-order valence-electron chi connectivity index (χ0n) is 18.0. The SMILES string of the molecule is CCOc1ccc(NC(=O)c2sc3nc4c(cc3c2N)CC(C(C)(C)C)CC4)cc1. The third-order valence-corrected chi connectivity index (χ3v) is 7.05. The molecule has 158 valence electrons. The van der Waals surface area contributed by atoms with Gasteiger partial charge in [0.25, 0.3) is 5.91 Å². The van der Waals surface area contributed by atoms with Crippen molar-refractivity contribution in [3.63, 3.8) is 0 Å². The van der Waals surface area contributed by atoms with E-state index in [9.17, 15) is 4.79 Å². The van der Waals surface area contributed by atoms with Crippen LogP contribution in [0.25, 0.3) is 10.2 Å². The van der Waals surface area contributed by atoms with Gasteiger partial charge in [-0.25, -0.2) is 4.98 Å². The second-order valence-corrected chi connectivity index (χ2v) is 10.0. The summed E-state index contributed by atoms with van der Waals surface area (Å²) in [6.45, 7) is 9.46. The van der Waals surface area contributed by atoms with Crippen molar-refractivity contribution < 1.29 is 9.53 Å². The van der Waals surface area contributed by atoms with Crippen LogP contribution in [-0.2, 0) is 12.8 Å². The van der Waals surface area contributed by atoms with E-state index in [1.165, 1.54) is 16.9 Å². The Balaban J connectivity index is 1.59. The van der Waals surface area contributed by atoms with Gasteiger partial charge in [-0.15, -0.1) is 11.3 Å². The lowest BCUT2D eigenvalue weighted by molar-refractivity contribution is 0.103. The maximum Gasteiger partial charge on any atom is 0.267 e. The zero-order chi connectivity index (χ0) is 21.5. The Hall–Kier alpha value is -2.60. The van der Waals surface area contributed by atoms with E-state index in [-0.39, 0.29) is 11.3 Å². The van der Waals surface area contributed by atoms with Crippen molar-refractivity contribution in [2.24, 2.45) is 11.3 Å². The fraction of sp³-hybridized carbons (Fsp3) is 0.417. The first-order valence-corrected chi connectivity index (χ1v) is 11.3.